The van der Waals surface area contributed by atoms with Crippen LogP contribution in [0.4, 0.5) is 0 Å². The fraction of sp³-hybridized carbons (Fsp3) is 0.710. The number of nitrogens with two attached hydrogens (primary N) is 1. The van der Waals surface area contributed by atoms with Gasteiger partial charge in [0.2, 0.25) is 0 Å². The maximum atomic E-state index is 11.8. The van der Waals surface area contributed by atoms with Crippen molar-refractivity contribution in [2.75, 3.05) is 26.4 Å². The molecule has 9 heteroatoms. The van der Waals surface area contributed by atoms with E-state index in [-0.39, 0.29) is 19.8 Å². The number of phosphoric ester groups is 1. The molecular weight excluding hydrogens is 529 g/mol. The Bertz CT molecular complexity index is 752. The van der Waals surface area contributed by atoms with Gasteiger partial charge < -0.3 is 20.5 Å². The fourth-order valence-electron chi connectivity index (χ4n) is 3.74. The van der Waals surface area contributed by atoms with Crippen LogP contribution in [-0.4, -0.2) is 48.4 Å². The molecule has 0 rings (SSSR count). The largest absolute Gasteiger partial charge is 0.472 e. The second-order valence-electron chi connectivity index (χ2n) is 9.80. The SMILES string of the molecule is CC/C=C\C/C=C\C/C=C\C/C=C\CCCCCCCCCCCCC(=O)OCC(O)COP(=O)(O)OCCN. The van der Waals surface area contributed by atoms with Crippen molar-refractivity contribution in [3.63, 3.8) is 0 Å². The number of hydrogen-bond acceptors (Lipinski definition) is 7. The van der Waals surface area contributed by atoms with E-state index in [0.717, 1.165) is 44.9 Å². The summed E-state index contributed by atoms with van der Waals surface area (Å²) >= 11 is 0. The summed E-state index contributed by atoms with van der Waals surface area (Å²) in [4.78, 5) is 21.1. The van der Waals surface area contributed by atoms with Crippen molar-refractivity contribution in [2.45, 2.75) is 116 Å². The van der Waals surface area contributed by atoms with Gasteiger partial charge in [-0.05, 0) is 44.9 Å². The quantitative estimate of drug-likeness (QED) is 0.0373. The van der Waals surface area contributed by atoms with Crippen molar-refractivity contribution in [1.29, 1.82) is 0 Å². The number of carbonyl (C=O) groups excluding carboxylic acids is 1. The zero-order valence-electron chi connectivity index (χ0n) is 24.8. The molecule has 0 aromatic carbocycles. The van der Waals surface area contributed by atoms with E-state index >= 15 is 0 Å². The minimum Gasteiger partial charge on any atom is -0.463 e. The highest BCUT2D eigenvalue weighted by atomic mass is 31.2. The highest BCUT2D eigenvalue weighted by Crippen LogP contribution is 2.42. The molecule has 0 fully saturated rings. The van der Waals surface area contributed by atoms with Crippen LogP contribution in [0.2, 0.25) is 0 Å². The Labute approximate surface area is 243 Å². The zero-order chi connectivity index (χ0) is 29.6. The van der Waals surface area contributed by atoms with Crippen molar-refractivity contribution < 1.29 is 33.1 Å². The van der Waals surface area contributed by atoms with E-state index < -0.39 is 26.5 Å². The van der Waals surface area contributed by atoms with Crippen molar-refractivity contribution in [3.8, 4) is 0 Å². The van der Waals surface area contributed by atoms with Crippen LogP contribution in [0, 0.1) is 0 Å². The number of esters is 1. The summed E-state index contributed by atoms with van der Waals surface area (Å²) < 4.78 is 25.6. The first kappa shape index (κ1) is 38.5. The summed E-state index contributed by atoms with van der Waals surface area (Å²) in [5.74, 6) is -0.393. The normalized spacial score (nSPS) is 14.6. The number of ether oxygens (including phenoxy) is 1. The van der Waals surface area contributed by atoms with Crippen LogP contribution in [-0.2, 0) is 23.1 Å². The lowest BCUT2D eigenvalue weighted by molar-refractivity contribution is -0.147. The molecule has 2 unspecified atom stereocenters. The minimum atomic E-state index is -4.25. The number of hydrogen-bond donors (Lipinski definition) is 3. The molecule has 0 amide bonds. The van der Waals surface area contributed by atoms with Gasteiger partial charge in [-0.2, -0.15) is 0 Å². The second-order valence-corrected chi connectivity index (χ2v) is 11.3. The summed E-state index contributed by atoms with van der Waals surface area (Å²) in [6, 6.07) is 0. The zero-order valence-corrected chi connectivity index (χ0v) is 25.7. The summed E-state index contributed by atoms with van der Waals surface area (Å²) in [6.45, 7) is 1.32. The summed E-state index contributed by atoms with van der Waals surface area (Å²) in [5.41, 5.74) is 5.18. The van der Waals surface area contributed by atoms with E-state index in [1.807, 2.05) is 0 Å². The molecule has 0 aliphatic heterocycles. The molecule has 0 heterocycles. The Morgan fingerprint density at radius 1 is 0.750 bits per heavy atom. The number of unbranched alkanes of at least 4 members (excludes halogenated alkanes) is 10. The third-order valence-corrected chi connectivity index (χ3v) is 6.94. The molecule has 0 aliphatic rings. The van der Waals surface area contributed by atoms with Gasteiger partial charge in [0.1, 0.15) is 12.7 Å². The molecule has 0 saturated carbocycles. The highest BCUT2D eigenvalue weighted by molar-refractivity contribution is 7.47. The Morgan fingerprint density at radius 2 is 1.25 bits per heavy atom. The molecule has 0 spiro atoms. The van der Waals surface area contributed by atoms with Crippen LogP contribution in [0.1, 0.15) is 110 Å². The fourth-order valence-corrected chi connectivity index (χ4v) is 4.51. The molecule has 0 saturated heterocycles. The van der Waals surface area contributed by atoms with E-state index in [1.165, 1.54) is 51.4 Å². The topological polar surface area (TPSA) is 128 Å². The van der Waals surface area contributed by atoms with Gasteiger partial charge in [0.15, 0.2) is 0 Å². The molecule has 0 radical (unpaired) electrons. The van der Waals surface area contributed by atoms with Gasteiger partial charge in [-0.1, -0.05) is 107 Å². The Balaban J connectivity index is 3.45. The number of rotatable bonds is 28. The Morgan fingerprint density at radius 3 is 1.80 bits per heavy atom. The number of aliphatic hydroxyl groups is 1. The Hall–Kier alpha value is -1.54. The smallest absolute Gasteiger partial charge is 0.463 e. The van der Waals surface area contributed by atoms with Crippen LogP contribution >= 0.6 is 7.82 Å². The van der Waals surface area contributed by atoms with E-state index in [4.69, 9.17) is 10.5 Å². The molecule has 2 atom stereocenters. The van der Waals surface area contributed by atoms with Gasteiger partial charge in [-0.25, -0.2) is 4.57 Å². The maximum Gasteiger partial charge on any atom is 0.472 e. The lowest BCUT2D eigenvalue weighted by Crippen LogP contribution is -2.23. The summed E-state index contributed by atoms with van der Waals surface area (Å²) in [5, 5.41) is 9.72. The molecule has 0 bridgehead atoms. The molecule has 4 N–H and O–H groups in total. The molecule has 0 aliphatic carbocycles. The first-order valence-corrected chi connectivity index (χ1v) is 16.7. The first-order valence-electron chi connectivity index (χ1n) is 15.2. The van der Waals surface area contributed by atoms with Crippen LogP contribution in [0.25, 0.3) is 0 Å². The lowest BCUT2D eigenvalue weighted by Gasteiger charge is -2.15. The van der Waals surface area contributed by atoms with Crippen LogP contribution in [0.5, 0.6) is 0 Å². The van der Waals surface area contributed by atoms with Crippen molar-refractivity contribution in [2.24, 2.45) is 5.73 Å². The van der Waals surface area contributed by atoms with E-state index in [9.17, 15) is 19.4 Å². The third kappa shape index (κ3) is 29.4. The van der Waals surface area contributed by atoms with E-state index in [1.54, 1.807) is 0 Å². The van der Waals surface area contributed by atoms with Crippen LogP contribution in [0.3, 0.4) is 0 Å². The number of carbonyl (C=O) groups is 1. The predicted molar refractivity (Wildman–Crippen MR) is 164 cm³/mol. The monoisotopic (exact) mass is 585 g/mol. The third-order valence-electron chi connectivity index (χ3n) is 5.96. The number of allylic oxidation sites excluding steroid dienone is 8. The first-order chi connectivity index (χ1) is 19.4. The van der Waals surface area contributed by atoms with Crippen molar-refractivity contribution >= 4 is 13.8 Å². The predicted octanol–water partition coefficient (Wildman–Crippen LogP) is 7.47. The molecule has 8 nitrogen and oxygen atoms in total. The Kier molecular flexibility index (Phi) is 27.9. The molecule has 0 aromatic rings. The van der Waals surface area contributed by atoms with E-state index in [2.05, 4.69) is 64.6 Å². The van der Waals surface area contributed by atoms with Crippen LogP contribution in [0.15, 0.2) is 48.6 Å². The summed E-state index contributed by atoms with van der Waals surface area (Å²) in [6.07, 6.45) is 34.0. The molecule has 0 aromatic heterocycles. The summed E-state index contributed by atoms with van der Waals surface area (Å²) in [7, 11) is -4.25. The van der Waals surface area contributed by atoms with Gasteiger partial charge >= 0.3 is 13.8 Å². The average Bonchev–Trinajstić information content (AvgIpc) is 2.94. The average molecular weight is 586 g/mol. The van der Waals surface area contributed by atoms with Gasteiger partial charge in [0, 0.05) is 13.0 Å². The van der Waals surface area contributed by atoms with Crippen LogP contribution < -0.4 is 5.73 Å². The highest BCUT2D eigenvalue weighted by Gasteiger charge is 2.22. The standard InChI is InChI=1S/C31H56NO7P/c1-2-3-4-5-6-7-8-9-10-11-12-13-14-15-16-17-18-19-20-21-22-23-24-25-31(34)37-28-30(33)29-39-40(35,36)38-27-26-32/h3-4,6-7,9-10,12-13,30,33H,2,5,8,11,14-29,32H2,1H3,(H,35,36)/b4-3-,7-6-,10-9-,13-12-. The van der Waals surface area contributed by atoms with Gasteiger partial charge in [-0.3, -0.25) is 13.8 Å². The lowest BCUT2D eigenvalue weighted by atomic mass is 10.1. The van der Waals surface area contributed by atoms with Crippen molar-refractivity contribution in [1.82, 2.24) is 0 Å². The van der Waals surface area contributed by atoms with Gasteiger partial charge in [-0.15, -0.1) is 0 Å². The molecule has 40 heavy (non-hydrogen) atoms. The molecule has 232 valence electrons. The number of aliphatic hydroxyl groups excluding tert-OH is 1. The molecular formula is C31H56NO7P. The second kappa shape index (κ2) is 29.0. The maximum absolute atomic E-state index is 11.8. The van der Waals surface area contributed by atoms with Gasteiger partial charge in [0.05, 0.1) is 13.2 Å². The number of phosphoric acid groups is 1. The van der Waals surface area contributed by atoms with E-state index in [0.29, 0.717) is 6.42 Å². The minimum absolute atomic E-state index is 0.0717. The van der Waals surface area contributed by atoms with Gasteiger partial charge in [0.25, 0.3) is 0 Å². The van der Waals surface area contributed by atoms with Crippen molar-refractivity contribution in [3.05, 3.63) is 48.6 Å².